The van der Waals surface area contributed by atoms with Crippen molar-refractivity contribution in [1.29, 1.82) is 0 Å². The molecule has 1 unspecified atom stereocenters. The quantitative estimate of drug-likeness (QED) is 0.120. The molecule has 0 fully saturated rings. The minimum atomic E-state index is -4.85. The van der Waals surface area contributed by atoms with Crippen LogP contribution in [0.3, 0.4) is 0 Å². The number of rotatable bonds is 14. The Hall–Kier alpha value is -3.39. The molecule has 0 aliphatic heterocycles. The molecule has 0 aliphatic rings. The van der Waals surface area contributed by atoms with Crippen LogP contribution in [0, 0.1) is 0 Å². The van der Waals surface area contributed by atoms with Crippen molar-refractivity contribution in [2.45, 2.75) is 64.7 Å². The lowest BCUT2D eigenvalue weighted by Crippen LogP contribution is -2.41. The zero-order chi connectivity index (χ0) is 27.4. The number of esters is 1. The molecule has 8 heteroatoms. The number of unbranched alkanes of at least 4 members (excludes halogenated alkanes) is 4. The SMILES string of the molecule is CCCCCCOc1ccc(-c2ccc(-c3ccc(OC(=O)C(OCCCC)C(F)(F)F)cc3)cn2)cc1. The number of nitrogens with zero attached hydrogens (tertiary/aromatic N) is 1. The summed E-state index contributed by atoms with van der Waals surface area (Å²) in [7, 11) is 0. The maximum absolute atomic E-state index is 13.2. The first-order chi connectivity index (χ1) is 18.3. The summed E-state index contributed by atoms with van der Waals surface area (Å²) in [4.78, 5) is 16.6. The highest BCUT2D eigenvalue weighted by molar-refractivity contribution is 5.78. The summed E-state index contributed by atoms with van der Waals surface area (Å²) in [6.07, 6.45) is -0.0418. The van der Waals surface area contributed by atoms with E-state index >= 15 is 0 Å². The number of halogens is 3. The molecule has 0 spiro atoms. The molecule has 0 N–H and O–H groups in total. The Kier molecular flexibility index (Phi) is 11.1. The van der Waals surface area contributed by atoms with E-state index in [1.54, 1.807) is 18.3 Å². The molecule has 38 heavy (non-hydrogen) atoms. The minimum absolute atomic E-state index is 0.00402. The minimum Gasteiger partial charge on any atom is -0.494 e. The van der Waals surface area contributed by atoms with E-state index in [-0.39, 0.29) is 12.4 Å². The number of carbonyl (C=O) groups excluding carboxylic acids is 1. The van der Waals surface area contributed by atoms with Crippen LogP contribution in [0.5, 0.6) is 11.5 Å². The van der Waals surface area contributed by atoms with Crippen LogP contribution >= 0.6 is 0 Å². The van der Waals surface area contributed by atoms with Gasteiger partial charge in [-0.05, 0) is 60.9 Å². The van der Waals surface area contributed by atoms with E-state index in [1.165, 1.54) is 31.4 Å². The topological polar surface area (TPSA) is 57.7 Å². The van der Waals surface area contributed by atoms with Gasteiger partial charge in [0, 0.05) is 23.9 Å². The third-order valence-corrected chi connectivity index (χ3v) is 5.88. The number of benzene rings is 2. The van der Waals surface area contributed by atoms with Gasteiger partial charge in [-0.3, -0.25) is 4.98 Å². The standard InChI is InChI=1S/C30H34F3NO4/c1-3-5-7-8-20-36-25-14-11-23(12-15-25)27-18-13-24(21-34-27)22-9-16-26(17-10-22)38-29(35)28(30(31,32)33)37-19-6-4-2/h9-18,21,28H,3-8,19-20H2,1-2H3. The smallest absolute Gasteiger partial charge is 0.425 e. The van der Waals surface area contributed by atoms with E-state index in [4.69, 9.17) is 14.2 Å². The third kappa shape index (κ3) is 8.87. The molecule has 1 aromatic heterocycles. The zero-order valence-electron chi connectivity index (χ0n) is 21.8. The van der Waals surface area contributed by atoms with Gasteiger partial charge < -0.3 is 14.2 Å². The van der Waals surface area contributed by atoms with Crippen molar-refractivity contribution in [2.24, 2.45) is 0 Å². The fourth-order valence-electron chi connectivity index (χ4n) is 3.70. The van der Waals surface area contributed by atoms with Crippen LogP contribution in [0.1, 0.15) is 52.4 Å². The lowest BCUT2D eigenvalue weighted by molar-refractivity contribution is -0.225. The van der Waals surface area contributed by atoms with Gasteiger partial charge in [-0.2, -0.15) is 13.2 Å². The Bertz CT molecular complexity index is 1110. The van der Waals surface area contributed by atoms with E-state index in [0.29, 0.717) is 19.4 Å². The van der Waals surface area contributed by atoms with Crippen LogP contribution in [0.15, 0.2) is 66.9 Å². The number of hydrogen-bond acceptors (Lipinski definition) is 5. The summed E-state index contributed by atoms with van der Waals surface area (Å²) in [5.41, 5.74) is 3.35. The van der Waals surface area contributed by atoms with Crippen LogP contribution < -0.4 is 9.47 Å². The van der Waals surface area contributed by atoms with E-state index in [1.807, 2.05) is 43.3 Å². The Morgan fingerprint density at radius 2 is 1.39 bits per heavy atom. The average Bonchev–Trinajstić information content (AvgIpc) is 2.91. The van der Waals surface area contributed by atoms with Crippen LogP contribution in [-0.2, 0) is 9.53 Å². The first-order valence-electron chi connectivity index (χ1n) is 13.0. The number of aromatic nitrogens is 1. The molecule has 0 aliphatic carbocycles. The lowest BCUT2D eigenvalue weighted by atomic mass is 10.1. The zero-order valence-corrected chi connectivity index (χ0v) is 21.8. The second-order valence-electron chi connectivity index (χ2n) is 8.96. The summed E-state index contributed by atoms with van der Waals surface area (Å²) < 4.78 is 55.1. The van der Waals surface area contributed by atoms with Gasteiger partial charge in [0.1, 0.15) is 11.5 Å². The number of alkyl halides is 3. The molecule has 0 saturated carbocycles. The highest BCUT2D eigenvalue weighted by Gasteiger charge is 2.47. The molecular weight excluding hydrogens is 495 g/mol. The summed E-state index contributed by atoms with van der Waals surface area (Å²) in [5, 5.41) is 0. The second-order valence-corrected chi connectivity index (χ2v) is 8.96. The molecular formula is C30H34F3NO4. The van der Waals surface area contributed by atoms with Crippen molar-refractivity contribution >= 4 is 5.97 Å². The molecule has 0 amide bonds. The third-order valence-electron chi connectivity index (χ3n) is 5.88. The van der Waals surface area contributed by atoms with Crippen LogP contribution in [0.25, 0.3) is 22.4 Å². The van der Waals surface area contributed by atoms with E-state index < -0.39 is 18.2 Å². The predicted octanol–water partition coefficient (Wildman–Crippen LogP) is 8.03. The van der Waals surface area contributed by atoms with Crippen molar-refractivity contribution in [3.05, 3.63) is 66.9 Å². The van der Waals surface area contributed by atoms with Crippen molar-refractivity contribution in [3.8, 4) is 33.9 Å². The molecule has 0 saturated heterocycles. The first-order valence-corrected chi connectivity index (χ1v) is 13.0. The van der Waals surface area contributed by atoms with Gasteiger partial charge in [0.25, 0.3) is 6.10 Å². The second kappa shape index (κ2) is 14.5. The van der Waals surface area contributed by atoms with Gasteiger partial charge in [0.05, 0.1) is 12.3 Å². The van der Waals surface area contributed by atoms with Crippen LogP contribution in [0.2, 0.25) is 0 Å². The lowest BCUT2D eigenvalue weighted by Gasteiger charge is -2.19. The summed E-state index contributed by atoms with van der Waals surface area (Å²) in [5.74, 6) is -0.652. The van der Waals surface area contributed by atoms with Gasteiger partial charge in [0.2, 0.25) is 0 Å². The maximum atomic E-state index is 13.2. The fraction of sp³-hybridized carbons (Fsp3) is 0.400. The molecule has 3 aromatic rings. The maximum Gasteiger partial charge on any atom is 0.425 e. The number of pyridine rings is 1. The van der Waals surface area contributed by atoms with Gasteiger partial charge in [0.15, 0.2) is 0 Å². The van der Waals surface area contributed by atoms with Gasteiger partial charge in [-0.15, -0.1) is 0 Å². The Morgan fingerprint density at radius 3 is 2.00 bits per heavy atom. The number of ether oxygens (including phenoxy) is 3. The normalized spacial score (nSPS) is 12.2. The Morgan fingerprint density at radius 1 is 0.763 bits per heavy atom. The number of hydrogen-bond donors (Lipinski definition) is 0. The van der Waals surface area contributed by atoms with Crippen molar-refractivity contribution < 1.29 is 32.2 Å². The molecule has 204 valence electrons. The fourth-order valence-corrected chi connectivity index (χ4v) is 3.70. The van der Waals surface area contributed by atoms with Crippen molar-refractivity contribution in [3.63, 3.8) is 0 Å². The van der Waals surface area contributed by atoms with Crippen molar-refractivity contribution in [1.82, 2.24) is 4.98 Å². The summed E-state index contributed by atoms with van der Waals surface area (Å²) in [6.45, 7) is 4.54. The monoisotopic (exact) mass is 529 g/mol. The van der Waals surface area contributed by atoms with E-state index in [2.05, 4.69) is 11.9 Å². The van der Waals surface area contributed by atoms with Gasteiger partial charge in [-0.1, -0.05) is 57.7 Å². The summed E-state index contributed by atoms with van der Waals surface area (Å²) in [6, 6.07) is 17.8. The van der Waals surface area contributed by atoms with Crippen LogP contribution in [0.4, 0.5) is 13.2 Å². The molecule has 1 atom stereocenters. The molecule has 2 aromatic carbocycles. The van der Waals surface area contributed by atoms with Crippen LogP contribution in [-0.4, -0.2) is 36.4 Å². The molecule has 3 rings (SSSR count). The molecule has 1 heterocycles. The average molecular weight is 530 g/mol. The molecule has 0 radical (unpaired) electrons. The van der Waals surface area contributed by atoms with Gasteiger partial charge >= 0.3 is 12.1 Å². The van der Waals surface area contributed by atoms with Gasteiger partial charge in [-0.25, -0.2) is 4.79 Å². The summed E-state index contributed by atoms with van der Waals surface area (Å²) >= 11 is 0. The largest absolute Gasteiger partial charge is 0.494 e. The first kappa shape index (κ1) is 29.2. The van der Waals surface area contributed by atoms with E-state index in [9.17, 15) is 18.0 Å². The molecule has 5 nitrogen and oxygen atoms in total. The number of carbonyl (C=O) groups is 1. The Balaban J connectivity index is 1.58. The Labute approximate surface area is 222 Å². The predicted molar refractivity (Wildman–Crippen MR) is 141 cm³/mol. The van der Waals surface area contributed by atoms with E-state index in [0.717, 1.165) is 34.6 Å². The van der Waals surface area contributed by atoms with Crippen molar-refractivity contribution in [2.75, 3.05) is 13.2 Å². The molecule has 0 bridgehead atoms. The highest BCUT2D eigenvalue weighted by Crippen LogP contribution is 2.28. The highest BCUT2D eigenvalue weighted by atomic mass is 19.4.